The number of hydrogen-bond donors (Lipinski definition) is 0. The molecular weight excluding hydrogens is 268 g/mol. The lowest BCUT2D eigenvalue weighted by atomic mass is 9.47. The fourth-order valence-electron chi connectivity index (χ4n) is 5.40. The highest BCUT2D eigenvalue weighted by Crippen LogP contribution is 2.61. The fraction of sp³-hybridized carbons (Fsp3) is 0.714. The lowest BCUT2D eigenvalue weighted by molar-refractivity contribution is -0.0539. The summed E-state index contributed by atoms with van der Waals surface area (Å²) in [4.78, 5) is 0. The molecule has 1 heteroatoms. The van der Waals surface area contributed by atoms with Crippen LogP contribution in [-0.4, -0.2) is 0 Å². The van der Waals surface area contributed by atoms with E-state index in [9.17, 15) is 0 Å². The van der Waals surface area contributed by atoms with E-state index in [-0.39, 0.29) is 0 Å². The number of allylic oxidation sites excluding steroid dienone is 2. The van der Waals surface area contributed by atoms with Crippen LogP contribution in [0.4, 0.5) is 0 Å². The average molecular weight is 303 g/mol. The molecule has 0 N–H and O–H groups in total. The van der Waals surface area contributed by atoms with Gasteiger partial charge in [-0.3, -0.25) is 0 Å². The minimum Gasteiger partial charge on any atom is -0.473 e. The van der Waals surface area contributed by atoms with Gasteiger partial charge < -0.3 is 4.74 Å². The summed E-state index contributed by atoms with van der Waals surface area (Å²) in [5.41, 5.74) is 3.72. The van der Waals surface area contributed by atoms with Gasteiger partial charge in [0.25, 0.3) is 0 Å². The molecule has 2 aliphatic rings. The first-order valence-corrected chi connectivity index (χ1v) is 8.91. The zero-order valence-corrected chi connectivity index (χ0v) is 15.1. The van der Waals surface area contributed by atoms with Crippen LogP contribution in [-0.2, 0) is 4.74 Å². The average Bonchev–Trinajstić information content (AvgIpc) is 2.43. The lowest BCUT2D eigenvalue weighted by Crippen LogP contribution is -2.49. The third-order valence-electron chi connectivity index (χ3n) is 6.51. The highest BCUT2D eigenvalue weighted by atomic mass is 16.5. The predicted octanol–water partition coefficient (Wildman–Crippen LogP) is 6.63. The Morgan fingerprint density at radius 3 is 2.73 bits per heavy atom. The number of fused-ring (bicyclic) bond motifs is 1. The SMILES string of the molecule is C=CO/C=C(/C)CC[C@H]1C(=C)CCC2C(C)(C)CCC[C@@]21C. The van der Waals surface area contributed by atoms with Gasteiger partial charge in [0.15, 0.2) is 0 Å². The van der Waals surface area contributed by atoms with Crippen molar-refractivity contribution in [1.29, 1.82) is 0 Å². The largest absolute Gasteiger partial charge is 0.473 e. The number of hydrogen-bond acceptors (Lipinski definition) is 1. The molecular formula is C21H34O. The van der Waals surface area contributed by atoms with Crippen molar-refractivity contribution in [3.05, 3.63) is 36.8 Å². The molecule has 1 nitrogen and oxygen atoms in total. The van der Waals surface area contributed by atoms with Gasteiger partial charge in [0.2, 0.25) is 0 Å². The molecule has 3 atom stereocenters. The van der Waals surface area contributed by atoms with Gasteiger partial charge in [0.05, 0.1) is 12.5 Å². The summed E-state index contributed by atoms with van der Waals surface area (Å²) >= 11 is 0. The Hall–Kier alpha value is -0.980. The van der Waals surface area contributed by atoms with E-state index in [4.69, 9.17) is 4.74 Å². The Morgan fingerprint density at radius 1 is 1.32 bits per heavy atom. The van der Waals surface area contributed by atoms with Crippen molar-refractivity contribution < 1.29 is 4.74 Å². The monoisotopic (exact) mass is 302 g/mol. The topological polar surface area (TPSA) is 9.23 Å². The summed E-state index contributed by atoms with van der Waals surface area (Å²) in [7, 11) is 0. The van der Waals surface area contributed by atoms with Crippen molar-refractivity contribution in [2.24, 2.45) is 22.7 Å². The summed E-state index contributed by atoms with van der Waals surface area (Å²) < 4.78 is 5.21. The van der Waals surface area contributed by atoms with Crippen LogP contribution in [0.1, 0.15) is 72.6 Å². The Bertz CT molecular complexity index is 457. The summed E-state index contributed by atoms with van der Waals surface area (Å²) in [5.74, 6) is 1.51. The van der Waals surface area contributed by atoms with Crippen molar-refractivity contribution in [2.75, 3.05) is 0 Å². The maximum absolute atomic E-state index is 5.21. The second-order valence-corrected chi connectivity index (χ2v) is 8.46. The Labute approximate surface area is 137 Å². The molecule has 2 fully saturated rings. The zero-order valence-electron chi connectivity index (χ0n) is 15.1. The normalized spacial score (nSPS) is 34.9. The third kappa shape index (κ3) is 3.34. The van der Waals surface area contributed by atoms with Gasteiger partial charge in [-0.25, -0.2) is 0 Å². The molecule has 0 aliphatic heterocycles. The molecule has 0 saturated heterocycles. The van der Waals surface area contributed by atoms with Crippen molar-refractivity contribution in [1.82, 2.24) is 0 Å². The molecule has 0 aromatic carbocycles. The summed E-state index contributed by atoms with van der Waals surface area (Å²) in [5, 5.41) is 0. The van der Waals surface area contributed by atoms with Crippen molar-refractivity contribution in [3.8, 4) is 0 Å². The Balaban J connectivity index is 2.14. The molecule has 22 heavy (non-hydrogen) atoms. The van der Waals surface area contributed by atoms with Crippen LogP contribution in [0.3, 0.4) is 0 Å². The van der Waals surface area contributed by atoms with E-state index < -0.39 is 0 Å². The van der Waals surface area contributed by atoms with E-state index in [1.165, 1.54) is 55.9 Å². The Kier molecular flexibility index (Phi) is 5.25. The second-order valence-electron chi connectivity index (χ2n) is 8.46. The van der Waals surface area contributed by atoms with E-state index in [0.29, 0.717) is 16.7 Å². The van der Waals surface area contributed by atoms with Gasteiger partial charge in [-0.05, 0) is 73.7 Å². The first kappa shape index (κ1) is 17.4. The molecule has 0 aromatic rings. The molecule has 0 radical (unpaired) electrons. The van der Waals surface area contributed by atoms with E-state index in [1.54, 1.807) is 0 Å². The molecule has 2 aliphatic carbocycles. The maximum Gasteiger partial charge on any atom is 0.0890 e. The number of ether oxygens (including phenoxy) is 1. The van der Waals surface area contributed by atoms with Gasteiger partial charge in [0, 0.05) is 0 Å². The molecule has 2 rings (SSSR count). The first-order valence-electron chi connectivity index (χ1n) is 8.91. The second kappa shape index (κ2) is 6.64. The van der Waals surface area contributed by atoms with Crippen LogP contribution in [0.25, 0.3) is 0 Å². The highest BCUT2D eigenvalue weighted by molar-refractivity contribution is 5.16. The smallest absolute Gasteiger partial charge is 0.0890 e. The van der Waals surface area contributed by atoms with Crippen LogP contribution in [0.2, 0.25) is 0 Å². The quantitative estimate of drug-likeness (QED) is 0.409. The number of rotatable bonds is 5. The molecule has 1 unspecified atom stereocenters. The van der Waals surface area contributed by atoms with Gasteiger partial charge in [0.1, 0.15) is 0 Å². The first-order chi connectivity index (χ1) is 10.3. The van der Waals surface area contributed by atoms with Crippen LogP contribution < -0.4 is 0 Å². The van der Waals surface area contributed by atoms with E-state index in [0.717, 1.165) is 12.3 Å². The summed E-state index contributed by atoms with van der Waals surface area (Å²) in [6, 6.07) is 0. The van der Waals surface area contributed by atoms with Gasteiger partial charge in [-0.1, -0.05) is 45.9 Å². The minimum absolute atomic E-state index is 0.441. The minimum atomic E-state index is 0.441. The predicted molar refractivity (Wildman–Crippen MR) is 95.4 cm³/mol. The van der Waals surface area contributed by atoms with Crippen LogP contribution in [0, 0.1) is 22.7 Å². The molecule has 0 aromatic heterocycles. The molecule has 0 heterocycles. The summed E-state index contributed by atoms with van der Waals surface area (Å²) in [6.45, 7) is 17.7. The van der Waals surface area contributed by atoms with Gasteiger partial charge in [-0.15, -0.1) is 0 Å². The van der Waals surface area contributed by atoms with E-state index in [2.05, 4.69) is 40.9 Å². The standard InChI is InChI=1S/C21H34O/c1-7-22-15-16(2)9-11-18-17(3)10-12-19-20(4,5)13-8-14-21(18,19)6/h7,15,18-19H,1,3,8-14H2,2,4-6H3/b16-15-/t18-,19?,21+/m0/s1. The van der Waals surface area contributed by atoms with Crippen molar-refractivity contribution in [2.45, 2.75) is 72.6 Å². The molecule has 124 valence electrons. The molecule has 0 bridgehead atoms. The Morgan fingerprint density at radius 2 is 2.05 bits per heavy atom. The highest BCUT2D eigenvalue weighted by Gasteiger charge is 2.52. The van der Waals surface area contributed by atoms with E-state index in [1.807, 2.05) is 6.26 Å². The van der Waals surface area contributed by atoms with Gasteiger partial charge >= 0.3 is 0 Å². The van der Waals surface area contributed by atoms with Crippen LogP contribution in [0.5, 0.6) is 0 Å². The maximum atomic E-state index is 5.21. The van der Waals surface area contributed by atoms with Crippen LogP contribution in [0.15, 0.2) is 36.8 Å². The van der Waals surface area contributed by atoms with Crippen molar-refractivity contribution in [3.63, 3.8) is 0 Å². The van der Waals surface area contributed by atoms with E-state index >= 15 is 0 Å². The molecule has 0 amide bonds. The fourth-order valence-corrected chi connectivity index (χ4v) is 5.40. The zero-order chi connectivity index (χ0) is 16.4. The molecule has 0 spiro atoms. The lowest BCUT2D eigenvalue weighted by Gasteiger charge is -2.58. The van der Waals surface area contributed by atoms with Crippen LogP contribution >= 0.6 is 0 Å². The third-order valence-corrected chi connectivity index (χ3v) is 6.51. The van der Waals surface area contributed by atoms with Crippen molar-refractivity contribution >= 4 is 0 Å². The summed E-state index contributed by atoms with van der Waals surface area (Å²) in [6.07, 6.45) is 12.3. The van der Waals surface area contributed by atoms with Gasteiger partial charge in [-0.2, -0.15) is 0 Å². The molecule has 2 saturated carbocycles.